The highest BCUT2D eigenvalue weighted by molar-refractivity contribution is 14.1. The third-order valence-corrected chi connectivity index (χ3v) is 6.05. The molecule has 17 heavy (non-hydrogen) atoms. The van der Waals surface area contributed by atoms with E-state index in [0.29, 0.717) is 6.04 Å². The van der Waals surface area contributed by atoms with Gasteiger partial charge in [-0.15, -0.1) is 0 Å². The molecule has 2 aliphatic heterocycles. The Bertz CT molecular complexity index is 395. The third kappa shape index (κ3) is 2.38. The molecule has 0 N–H and O–H groups in total. The topological polar surface area (TPSA) is 27.1 Å². The van der Waals surface area contributed by atoms with Crippen LogP contribution in [-0.4, -0.2) is 33.5 Å². The number of ether oxygens (including phenoxy) is 1. The lowest BCUT2D eigenvalue weighted by atomic mass is 9.90. The van der Waals surface area contributed by atoms with Crippen LogP contribution in [0.3, 0.4) is 0 Å². The van der Waals surface area contributed by atoms with Crippen LogP contribution in [0.1, 0.15) is 30.9 Å². The number of aromatic nitrogens is 2. The highest BCUT2D eigenvalue weighted by Crippen LogP contribution is 2.41. The highest BCUT2D eigenvalue weighted by Gasteiger charge is 2.41. The molecule has 0 aromatic carbocycles. The second-order valence-corrected chi connectivity index (χ2v) is 7.19. The van der Waals surface area contributed by atoms with E-state index in [1.165, 1.54) is 23.5 Å². The Hall–Kier alpha value is 0.250. The second-order valence-electron chi connectivity index (χ2n) is 5.06. The molecule has 2 saturated heterocycles. The first-order chi connectivity index (χ1) is 8.19. The van der Waals surface area contributed by atoms with Crippen LogP contribution >= 0.6 is 34.4 Å². The van der Waals surface area contributed by atoms with Crippen molar-refractivity contribution in [3.8, 4) is 0 Å². The van der Waals surface area contributed by atoms with Crippen molar-refractivity contribution >= 4 is 34.4 Å². The predicted octanol–water partition coefficient (Wildman–Crippen LogP) is 3.02. The summed E-state index contributed by atoms with van der Waals surface area (Å²) < 4.78 is 9.35. The van der Waals surface area contributed by atoms with Gasteiger partial charge in [-0.25, -0.2) is 0 Å². The Labute approximate surface area is 120 Å². The fraction of sp³-hybridized carbons (Fsp3) is 0.750. The number of aryl methyl sites for hydroxylation is 1. The van der Waals surface area contributed by atoms with Gasteiger partial charge in [-0.1, -0.05) is 0 Å². The average molecular weight is 364 g/mol. The van der Waals surface area contributed by atoms with Gasteiger partial charge in [-0.3, -0.25) is 4.68 Å². The minimum atomic E-state index is 0.152. The molecule has 3 heterocycles. The smallest absolute Gasteiger partial charge is 0.126 e. The summed E-state index contributed by atoms with van der Waals surface area (Å²) >= 11 is 4.34. The molecule has 5 heteroatoms. The van der Waals surface area contributed by atoms with Gasteiger partial charge < -0.3 is 4.74 Å². The lowest BCUT2D eigenvalue weighted by molar-refractivity contribution is -0.0778. The molecule has 2 aliphatic rings. The van der Waals surface area contributed by atoms with Crippen molar-refractivity contribution in [2.24, 2.45) is 0 Å². The van der Waals surface area contributed by atoms with Crippen LogP contribution in [-0.2, 0) is 4.74 Å². The molecule has 3 nitrogen and oxygen atoms in total. The summed E-state index contributed by atoms with van der Waals surface area (Å²) in [6.07, 6.45) is 5.64. The normalized spacial score (nSPS) is 33.4. The Morgan fingerprint density at radius 1 is 1.65 bits per heavy atom. The third-order valence-electron chi connectivity index (χ3n) is 3.76. The number of hydrogen-bond acceptors (Lipinski definition) is 3. The van der Waals surface area contributed by atoms with E-state index in [-0.39, 0.29) is 5.60 Å². The molecule has 0 amide bonds. The quantitative estimate of drug-likeness (QED) is 0.717. The van der Waals surface area contributed by atoms with Crippen molar-refractivity contribution in [1.29, 1.82) is 0 Å². The zero-order valence-electron chi connectivity index (χ0n) is 9.99. The van der Waals surface area contributed by atoms with Gasteiger partial charge in [0.05, 0.1) is 11.6 Å². The number of nitrogens with zero attached hydrogens (tertiary/aromatic N) is 2. The summed E-state index contributed by atoms with van der Waals surface area (Å²) in [5, 5.41) is 4.63. The van der Waals surface area contributed by atoms with E-state index in [0.717, 1.165) is 23.1 Å². The van der Waals surface area contributed by atoms with Crippen LogP contribution in [0.4, 0.5) is 0 Å². The zero-order chi connectivity index (χ0) is 11.9. The molecular formula is C12H17IN2OS. The number of rotatable bonds is 1. The van der Waals surface area contributed by atoms with Crippen LogP contribution in [0.15, 0.2) is 6.20 Å². The SMILES string of the molecule is Cc1cn(C2CCOC3(CCSC3)C2)nc1I. The van der Waals surface area contributed by atoms with E-state index in [4.69, 9.17) is 4.74 Å². The van der Waals surface area contributed by atoms with E-state index in [2.05, 4.69) is 45.5 Å². The standard InChI is InChI=1S/C12H17IN2OS/c1-9-7-15(14-11(9)13)10-2-4-16-12(6-10)3-5-17-8-12/h7,10H,2-6,8H2,1H3. The lowest BCUT2D eigenvalue weighted by Crippen LogP contribution is -2.40. The number of hydrogen-bond donors (Lipinski definition) is 0. The minimum absolute atomic E-state index is 0.152. The lowest BCUT2D eigenvalue weighted by Gasteiger charge is -2.37. The van der Waals surface area contributed by atoms with Crippen molar-refractivity contribution < 1.29 is 4.74 Å². The van der Waals surface area contributed by atoms with Gasteiger partial charge in [0.1, 0.15) is 3.70 Å². The molecule has 0 aliphatic carbocycles. The van der Waals surface area contributed by atoms with Crippen LogP contribution in [0.25, 0.3) is 0 Å². The van der Waals surface area contributed by atoms with Gasteiger partial charge in [0.25, 0.3) is 0 Å². The molecule has 1 aromatic heterocycles. The van der Waals surface area contributed by atoms with E-state index in [1.807, 2.05) is 11.8 Å². The largest absolute Gasteiger partial charge is 0.374 e. The number of thioether (sulfide) groups is 1. The zero-order valence-corrected chi connectivity index (χ0v) is 13.0. The van der Waals surface area contributed by atoms with Gasteiger partial charge >= 0.3 is 0 Å². The summed E-state index contributed by atoms with van der Waals surface area (Å²) in [7, 11) is 0. The van der Waals surface area contributed by atoms with Gasteiger partial charge in [0.15, 0.2) is 0 Å². The van der Waals surface area contributed by atoms with Gasteiger partial charge in [-0.05, 0) is 54.5 Å². The minimum Gasteiger partial charge on any atom is -0.374 e. The van der Waals surface area contributed by atoms with E-state index in [9.17, 15) is 0 Å². The van der Waals surface area contributed by atoms with E-state index >= 15 is 0 Å². The van der Waals surface area contributed by atoms with Crippen molar-refractivity contribution in [3.63, 3.8) is 0 Å². The maximum atomic E-state index is 6.05. The summed E-state index contributed by atoms with van der Waals surface area (Å²) in [6.45, 7) is 3.02. The maximum Gasteiger partial charge on any atom is 0.126 e. The van der Waals surface area contributed by atoms with Crippen LogP contribution < -0.4 is 0 Å². The molecule has 0 radical (unpaired) electrons. The van der Waals surface area contributed by atoms with Gasteiger partial charge in [0, 0.05) is 24.1 Å². The molecule has 2 unspecified atom stereocenters. The molecule has 1 aromatic rings. The van der Waals surface area contributed by atoms with Crippen molar-refractivity contribution in [1.82, 2.24) is 9.78 Å². The predicted molar refractivity (Wildman–Crippen MR) is 78.6 cm³/mol. The Morgan fingerprint density at radius 3 is 3.18 bits per heavy atom. The fourth-order valence-corrected chi connectivity index (χ4v) is 4.51. The Kier molecular flexibility index (Phi) is 3.42. The summed E-state index contributed by atoms with van der Waals surface area (Å²) in [5.74, 6) is 2.42. The Balaban J connectivity index is 1.79. The summed E-state index contributed by atoms with van der Waals surface area (Å²) in [4.78, 5) is 0. The van der Waals surface area contributed by atoms with Crippen molar-refractivity contribution in [2.45, 2.75) is 37.8 Å². The van der Waals surface area contributed by atoms with Crippen molar-refractivity contribution in [3.05, 3.63) is 15.5 Å². The molecule has 3 rings (SSSR count). The monoisotopic (exact) mass is 364 g/mol. The maximum absolute atomic E-state index is 6.05. The summed E-state index contributed by atoms with van der Waals surface area (Å²) in [5.41, 5.74) is 1.44. The first-order valence-electron chi connectivity index (χ1n) is 6.11. The summed E-state index contributed by atoms with van der Waals surface area (Å²) in [6, 6.07) is 0.532. The molecule has 94 valence electrons. The van der Waals surface area contributed by atoms with E-state index in [1.54, 1.807) is 0 Å². The fourth-order valence-electron chi connectivity index (χ4n) is 2.74. The van der Waals surface area contributed by atoms with Crippen LogP contribution in [0, 0.1) is 10.6 Å². The van der Waals surface area contributed by atoms with E-state index < -0.39 is 0 Å². The molecular weight excluding hydrogens is 347 g/mol. The Morgan fingerprint density at radius 2 is 2.53 bits per heavy atom. The van der Waals surface area contributed by atoms with Crippen molar-refractivity contribution in [2.75, 3.05) is 18.1 Å². The molecule has 0 saturated carbocycles. The molecule has 2 atom stereocenters. The van der Waals surface area contributed by atoms with Gasteiger partial charge in [0.2, 0.25) is 0 Å². The molecule has 0 bridgehead atoms. The van der Waals surface area contributed by atoms with Crippen LogP contribution in [0.5, 0.6) is 0 Å². The van der Waals surface area contributed by atoms with Gasteiger partial charge in [-0.2, -0.15) is 16.9 Å². The number of halogens is 1. The second kappa shape index (κ2) is 4.74. The van der Waals surface area contributed by atoms with Crippen LogP contribution in [0.2, 0.25) is 0 Å². The first-order valence-corrected chi connectivity index (χ1v) is 8.35. The molecule has 2 fully saturated rings. The first kappa shape index (κ1) is 12.3. The highest BCUT2D eigenvalue weighted by atomic mass is 127. The average Bonchev–Trinajstić information content (AvgIpc) is 2.88. The molecule has 1 spiro atoms.